The maximum atomic E-state index is 12.3. The first-order valence-corrected chi connectivity index (χ1v) is 19.9. The number of methoxy groups -OCH3 is 1. The summed E-state index contributed by atoms with van der Waals surface area (Å²) in [7, 11) is -5.62. The number of anilines is 2. The molecule has 0 bridgehead atoms. The molecular weight excluding hydrogens is 679 g/mol. The van der Waals surface area contributed by atoms with E-state index >= 15 is 0 Å². The smallest absolute Gasteiger partial charge is 0.339 e. The highest BCUT2D eigenvalue weighted by Crippen LogP contribution is 2.30. The summed E-state index contributed by atoms with van der Waals surface area (Å²) in [6, 6.07) is 18.1. The molecule has 4 aromatic rings. The number of ketones is 1. The molecule has 2 aliphatic carbocycles. The Labute approximate surface area is 293 Å². The maximum absolute atomic E-state index is 12.3. The molecule has 264 valence electrons. The molecule has 2 heterocycles. The number of fused-ring (bicyclic) bond motifs is 2. The van der Waals surface area contributed by atoms with Crippen LogP contribution in [0.5, 0.6) is 0 Å². The van der Waals surface area contributed by atoms with E-state index in [1.165, 1.54) is 62.9 Å². The summed E-state index contributed by atoms with van der Waals surface area (Å²) in [5.74, 6) is -0.671. The molecule has 2 aromatic carbocycles. The van der Waals surface area contributed by atoms with Gasteiger partial charge in [-0.05, 0) is 109 Å². The van der Waals surface area contributed by atoms with Crippen LogP contribution in [-0.4, -0.2) is 64.7 Å². The number of benzene rings is 2. The number of ether oxygens (including phenoxy) is 1. The fourth-order valence-corrected chi connectivity index (χ4v) is 7.81. The minimum atomic E-state index is -3.46. The van der Waals surface area contributed by atoms with Crippen LogP contribution < -0.4 is 14.3 Å². The Bertz CT molecular complexity index is 1940. The molecule has 0 spiro atoms. The van der Waals surface area contributed by atoms with Crippen LogP contribution in [0.15, 0.2) is 73.1 Å². The van der Waals surface area contributed by atoms with Crippen molar-refractivity contribution in [3.8, 4) is 0 Å². The third kappa shape index (κ3) is 8.92. The molecule has 14 heteroatoms. The fourth-order valence-electron chi connectivity index (χ4n) is 6.08. The van der Waals surface area contributed by atoms with Crippen LogP contribution in [0.25, 0.3) is 0 Å². The van der Waals surface area contributed by atoms with Crippen molar-refractivity contribution >= 4 is 43.2 Å². The summed E-state index contributed by atoms with van der Waals surface area (Å²) in [4.78, 5) is 31.4. The van der Waals surface area contributed by atoms with Crippen LogP contribution in [-0.2, 0) is 63.6 Å². The number of carbonyl (C=O) groups is 2. The first kappa shape index (κ1) is 36.6. The van der Waals surface area contributed by atoms with E-state index in [9.17, 15) is 26.4 Å². The lowest BCUT2D eigenvalue weighted by Crippen LogP contribution is -2.29. The Kier molecular flexibility index (Phi) is 11.3. The zero-order valence-electron chi connectivity index (χ0n) is 28.3. The largest absolute Gasteiger partial charge is 0.465 e. The second kappa shape index (κ2) is 15.5. The van der Waals surface area contributed by atoms with Gasteiger partial charge in [0.1, 0.15) is 0 Å². The van der Waals surface area contributed by atoms with E-state index in [0.717, 1.165) is 38.5 Å². The average Bonchev–Trinajstić information content (AvgIpc) is 3.78. The number of nitrogens with two attached hydrogens (primary N) is 1. The molecule has 50 heavy (non-hydrogen) atoms. The predicted octanol–water partition coefficient (Wildman–Crippen LogP) is 4.00. The average molecular weight is 720 g/mol. The van der Waals surface area contributed by atoms with Crippen molar-refractivity contribution in [3.63, 3.8) is 0 Å². The van der Waals surface area contributed by atoms with Gasteiger partial charge in [0, 0.05) is 18.0 Å². The van der Waals surface area contributed by atoms with Crippen molar-refractivity contribution in [2.45, 2.75) is 51.6 Å². The Morgan fingerprint density at radius 1 is 0.680 bits per heavy atom. The Morgan fingerprint density at radius 3 is 1.50 bits per heavy atom. The first-order chi connectivity index (χ1) is 23.8. The molecule has 2 aliphatic rings. The number of rotatable bonds is 11. The summed E-state index contributed by atoms with van der Waals surface area (Å²) in [5.41, 5.74) is 13.5. The van der Waals surface area contributed by atoms with Crippen molar-refractivity contribution in [1.82, 2.24) is 9.97 Å². The van der Waals surface area contributed by atoms with Crippen LogP contribution in [0.2, 0.25) is 0 Å². The van der Waals surface area contributed by atoms with Gasteiger partial charge in [0.05, 0.1) is 67.6 Å². The van der Waals surface area contributed by atoms with Crippen LogP contribution >= 0.6 is 0 Å². The maximum Gasteiger partial charge on any atom is 0.339 e. The predicted molar refractivity (Wildman–Crippen MR) is 192 cm³/mol. The minimum Gasteiger partial charge on any atom is -0.465 e. The number of carbonyl (C=O) groups excluding carboxylic acids is 2. The number of aromatic nitrogens is 2. The molecule has 0 saturated carbocycles. The van der Waals surface area contributed by atoms with E-state index < -0.39 is 26.0 Å². The molecule has 12 nitrogen and oxygen atoms in total. The van der Waals surface area contributed by atoms with Gasteiger partial charge in [0.25, 0.3) is 0 Å². The van der Waals surface area contributed by atoms with Gasteiger partial charge in [0.2, 0.25) is 20.0 Å². The number of hydrogen-bond donors (Lipinski definition) is 1. The summed E-state index contributed by atoms with van der Waals surface area (Å²) in [6.07, 6.45) is 11.5. The first-order valence-electron chi connectivity index (χ1n) is 16.2. The summed E-state index contributed by atoms with van der Waals surface area (Å²) >= 11 is 0. The van der Waals surface area contributed by atoms with Gasteiger partial charge >= 0.3 is 5.97 Å². The lowest BCUT2D eigenvalue weighted by Gasteiger charge is -2.23. The normalized spacial score (nSPS) is 13.4. The van der Waals surface area contributed by atoms with Gasteiger partial charge in [-0.3, -0.25) is 23.4 Å². The van der Waals surface area contributed by atoms with E-state index in [2.05, 4.69) is 14.7 Å². The van der Waals surface area contributed by atoms with E-state index in [1.807, 2.05) is 36.4 Å². The van der Waals surface area contributed by atoms with Crippen molar-refractivity contribution in [2.24, 2.45) is 5.73 Å². The third-order valence-corrected chi connectivity index (χ3v) is 11.0. The Morgan fingerprint density at radius 2 is 1.12 bits per heavy atom. The second-order valence-corrected chi connectivity index (χ2v) is 16.2. The molecule has 0 amide bonds. The number of hydrogen-bond acceptors (Lipinski definition) is 10. The lowest BCUT2D eigenvalue weighted by molar-refractivity contribution is 0.0600. The van der Waals surface area contributed by atoms with Gasteiger partial charge in [0.15, 0.2) is 5.78 Å². The highest BCUT2D eigenvalue weighted by Gasteiger charge is 2.23. The summed E-state index contributed by atoms with van der Waals surface area (Å²) < 4.78 is 56.5. The summed E-state index contributed by atoms with van der Waals surface area (Å²) in [5, 5.41) is 0. The molecule has 0 atom stereocenters. The highest BCUT2D eigenvalue weighted by atomic mass is 32.2. The number of pyridine rings is 2. The highest BCUT2D eigenvalue weighted by molar-refractivity contribution is 7.92. The van der Waals surface area contributed by atoms with E-state index in [1.54, 1.807) is 24.3 Å². The number of aryl methyl sites for hydroxylation is 4. The monoisotopic (exact) mass is 719 g/mol. The molecule has 0 fully saturated rings. The van der Waals surface area contributed by atoms with Gasteiger partial charge in [-0.25, -0.2) is 21.6 Å². The number of nitrogens with zero attached hydrogens (tertiary/aromatic N) is 4. The third-order valence-electron chi connectivity index (χ3n) is 8.73. The lowest BCUT2D eigenvalue weighted by atomic mass is 10.1. The molecule has 6 rings (SSSR count). The summed E-state index contributed by atoms with van der Waals surface area (Å²) in [6.45, 7) is 0.152. The number of sulfonamides is 2. The van der Waals surface area contributed by atoms with Crippen LogP contribution in [0, 0.1) is 0 Å². The zero-order chi connectivity index (χ0) is 36.1. The van der Waals surface area contributed by atoms with Crippen molar-refractivity contribution in [1.29, 1.82) is 0 Å². The molecule has 2 aromatic heterocycles. The van der Waals surface area contributed by atoms with Crippen LogP contribution in [0.3, 0.4) is 0 Å². The van der Waals surface area contributed by atoms with E-state index in [0.29, 0.717) is 33.9 Å². The molecule has 0 unspecified atom stereocenters. The van der Waals surface area contributed by atoms with Crippen molar-refractivity contribution in [2.75, 3.05) is 34.8 Å². The van der Waals surface area contributed by atoms with Crippen molar-refractivity contribution < 1.29 is 31.2 Å². The SMILES string of the molecule is COC(=O)c1ccc(CN(c2ccc3c(c2)CCC3)S(C)(=O)=O)nc1.CS(=O)(=O)N(Cc1ccc(C(=O)CN)cn1)c1ccc2c(c1)CCC2. The van der Waals surface area contributed by atoms with Gasteiger partial charge in [-0.2, -0.15) is 0 Å². The quantitative estimate of drug-likeness (QED) is 0.177. The number of Topliss-reactive ketones (excluding diaryl/α,β-unsaturated/α-hetero) is 1. The van der Waals surface area contributed by atoms with E-state index in [4.69, 9.17) is 5.73 Å². The Balaban J connectivity index is 0.000000194. The molecular formula is C36H41N5O7S2. The molecule has 2 N–H and O–H groups in total. The molecule has 0 aliphatic heterocycles. The second-order valence-electron chi connectivity index (χ2n) is 12.3. The fraction of sp³-hybridized carbons (Fsp3) is 0.333. The van der Waals surface area contributed by atoms with Crippen molar-refractivity contribution in [3.05, 3.63) is 118 Å². The van der Waals surface area contributed by atoms with Gasteiger partial charge in [-0.15, -0.1) is 0 Å². The minimum absolute atomic E-state index is 0.0778. The topological polar surface area (TPSA) is 170 Å². The molecule has 0 radical (unpaired) electrons. The Hall–Kier alpha value is -4.66. The van der Waals surface area contributed by atoms with Crippen LogP contribution in [0.1, 0.15) is 67.2 Å². The number of esters is 1. The standard InChI is InChI=1S/C18H21N3O3S.C18H20N2O4S/c1-25(23,24)21(17-8-6-13-3-2-4-14(13)9-17)12-16-7-5-15(11-20-16)18(22)10-19;1-24-18(21)15-6-8-16(19-11-15)12-20(25(2,22)23)17-9-7-13-4-3-5-14(13)10-17/h5-9,11H,2-4,10,12,19H2,1H3;6-11H,3-5,12H2,1-2H3. The van der Waals surface area contributed by atoms with Gasteiger partial charge < -0.3 is 10.5 Å². The van der Waals surface area contributed by atoms with E-state index in [-0.39, 0.29) is 25.4 Å². The zero-order valence-corrected chi connectivity index (χ0v) is 30.0. The van der Waals surface area contributed by atoms with Gasteiger partial charge in [-0.1, -0.05) is 12.1 Å². The molecule has 0 saturated heterocycles. The van der Waals surface area contributed by atoms with Crippen LogP contribution in [0.4, 0.5) is 11.4 Å².